The second-order valence-electron chi connectivity index (χ2n) is 10.3. The maximum atomic E-state index is 11.8. The molecular weight excluding hydrogens is 423 g/mol. The Bertz CT molecular complexity index is 1050. The second-order valence-corrected chi connectivity index (χ2v) is 10.3. The number of carboxylic acid groups (broad SMARTS) is 1. The Kier molecular flexibility index (Phi) is 5.81. The summed E-state index contributed by atoms with van der Waals surface area (Å²) in [4.78, 5) is 22.5. The van der Waals surface area contributed by atoms with Crippen molar-refractivity contribution in [2.24, 2.45) is 0 Å². The van der Waals surface area contributed by atoms with Crippen LogP contribution in [0.15, 0.2) is 10.7 Å². The van der Waals surface area contributed by atoms with Crippen LogP contribution >= 0.6 is 0 Å². The third kappa shape index (κ3) is 4.03. The quantitative estimate of drug-likeness (QED) is 0.681. The largest absolute Gasteiger partial charge is 0.498 e. The third-order valence-electron chi connectivity index (χ3n) is 7.75. The van der Waals surface area contributed by atoms with E-state index < -0.39 is 30.0 Å². The zero-order valence-electron chi connectivity index (χ0n) is 20.6. The van der Waals surface area contributed by atoms with Crippen molar-refractivity contribution in [3.05, 3.63) is 23.1 Å². The molecule has 1 saturated heterocycles. The molecule has 2 aromatic rings. The van der Waals surface area contributed by atoms with Gasteiger partial charge in [-0.1, -0.05) is 18.0 Å². The van der Waals surface area contributed by atoms with Gasteiger partial charge in [0.25, 0.3) is 0 Å². The first-order valence-corrected chi connectivity index (χ1v) is 11.5. The summed E-state index contributed by atoms with van der Waals surface area (Å²) in [6, 6.07) is 0. The Morgan fingerprint density at radius 2 is 1.73 bits per heavy atom. The molecule has 0 spiro atoms. The minimum absolute atomic E-state index is 0.425. The van der Waals surface area contributed by atoms with Gasteiger partial charge >= 0.3 is 13.2 Å². The summed E-state index contributed by atoms with van der Waals surface area (Å²) in [6.45, 7) is 11.8. The normalized spacial score (nSPS) is 20.9. The van der Waals surface area contributed by atoms with Gasteiger partial charge in [-0.15, -0.1) is 0 Å². The highest BCUT2D eigenvalue weighted by Gasteiger charge is 2.52. The molecule has 9 nitrogen and oxygen atoms in total. The Labute approximate surface area is 195 Å². The van der Waals surface area contributed by atoms with Crippen LogP contribution < -0.4 is 5.46 Å². The first kappa shape index (κ1) is 23.7. The predicted octanol–water partition coefficient (Wildman–Crippen LogP) is 3.51. The maximum Gasteiger partial charge on any atom is 0.498 e. The summed E-state index contributed by atoms with van der Waals surface area (Å²) < 4.78 is 18.0. The Morgan fingerprint density at radius 1 is 1.12 bits per heavy atom. The molecule has 0 aromatic carbocycles. The molecule has 2 aliphatic rings. The molecule has 1 aliphatic carbocycles. The van der Waals surface area contributed by atoms with Crippen LogP contribution in [0.3, 0.4) is 0 Å². The molecule has 1 saturated carbocycles. The van der Waals surface area contributed by atoms with Crippen molar-refractivity contribution in [3.8, 4) is 11.6 Å². The van der Waals surface area contributed by atoms with Crippen LogP contribution in [0.25, 0.3) is 11.6 Å². The molecule has 2 aromatic heterocycles. The van der Waals surface area contributed by atoms with E-state index in [4.69, 9.17) is 18.8 Å². The molecule has 0 unspecified atom stereocenters. The fourth-order valence-corrected chi connectivity index (χ4v) is 4.76. The van der Waals surface area contributed by atoms with E-state index in [1.54, 1.807) is 13.2 Å². The molecule has 1 N–H and O–H groups in total. The maximum absolute atomic E-state index is 11.8. The molecule has 178 valence electrons. The number of aromatic nitrogens is 3. The molecule has 0 atom stereocenters. The third-order valence-corrected chi connectivity index (χ3v) is 7.75. The van der Waals surface area contributed by atoms with Gasteiger partial charge in [-0.25, -0.2) is 14.8 Å². The van der Waals surface area contributed by atoms with Gasteiger partial charge in [0.15, 0.2) is 5.82 Å². The van der Waals surface area contributed by atoms with Crippen molar-refractivity contribution in [3.63, 3.8) is 0 Å². The monoisotopic (exact) mass is 456 g/mol. The van der Waals surface area contributed by atoms with Crippen LogP contribution in [0.5, 0.6) is 0 Å². The molecule has 2 fully saturated rings. The minimum Gasteiger partial charge on any atom is -0.465 e. The zero-order chi connectivity index (χ0) is 24.2. The lowest BCUT2D eigenvalue weighted by Crippen LogP contribution is -2.48. The number of nitrogens with zero attached hydrogens (tertiary/aromatic N) is 4. The molecule has 1 amide bonds. The van der Waals surface area contributed by atoms with Gasteiger partial charge in [-0.2, -0.15) is 0 Å². The molecular formula is C23H33BN4O5. The van der Waals surface area contributed by atoms with Crippen LogP contribution in [-0.4, -0.2) is 62.1 Å². The van der Waals surface area contributed by atoms with Crippen LogP contribution in [0.1, 0.15) is 70.3 Å². The number of likely N-dealkylation sites (N-methyl/N-ethyl adjacent to an activating group) is 1. The topological polar surface area (TPSA) is 111 Å². The van der Waals surface area contributed by atoms with E-state index in [0.29, 0.717) is 18.0 Å². The first-order chi connectivity index (χ1) is 15.4. The number of aryl methyl sites for hydroxylation is 2. The lowest BCUT2D eigenvalue weighted by Gasteiger charge is -2.37. The van der Waals surface area contributed by atoms with Crippen LogP contribution in [0.4, 0.5) is 4.79 Å². The van der Waals surface area contributed by atoms with Gasteiger partial charge in [0.2, 0.25) is 5.76 Å². The van der Waals surface area contributed by atoms with E-state index in [0.717, 1.165) is 48.1 Å². The number of rotatable bonds is 5. The van der Waals surface area contributed by atoms with Gasteiger partial charge in [-0.05, 0) is 54.4 Å². The average molecular weight is 456 g/mol. The van der Waals surface area contributed by atoms with Crippen LogP contribution in [-0.2, 0) is 15.7 Å². The standard InChI is InChI=1S/C23H33BN4O5/c1-14-16(12-23(10-8-9-11-23)28(7)20(29)30)18(31-27-14)19-25-13-17(15(2)26-19)24-32-21(3,4)22(5,6)33-24/h13H,8-12H2,1-7H3,(H,29,30). The lowest BCUT2D eigenvalue weighted by atomic mass is 9.79. The van der Waals surface area contributed by atoms with E-state index >= 15 is 0 Å². The predicted molar refractivity (Wildman–Crippen MR) is 123 cm³/mol. The molecule has 0 bridgehead atoms. The minimum atomic E-state index is -0.925. The zero-order valence-corrected chi connectivity index (χ0v) is 20.6. The molecule has 1 aliphatic heterocycles. The number of hydrogen-bond donors (Lipinski definition) is 1. The highest BCUT2D eigenvalue weighted by Crippen LogP contribution is 2.40. The summed E-state index contributed by atoms with van der Waals surface area (Å²) in [7, 11) is 1.10. The van der Waals surface area contributed by atoms with E-state index in [-0.39, 0.29) is 0 Å². The highest BCUT2D eigenvalue weighted by atomic mass is 16.7. The Hall–Kier alpha value is -2.46. The van der Waals surface area contributed by atoms with Crippen molar-refractivity contribution < 1.29 is 23.7 Å². The van der Waals surface area contributed by atoms with Gasteiger partial charge in [0, 0.05) is 36.4 Å². The fourth-order valence-electron chi connectivity index (χ4n) is 4.76. The summed E-state index contributed by atoms with van der Waals surface area (Å²) in [5.74, 6) is 0.913. The van der Waals surface area contributed by atoms with Crippen molar-refractivity contribution in [1.82, 2.24) is 20.0 Å². The number of amides is 1. The second kappa shape index (κ2) is 8.09. The molecule has 10 heteroatoms. The summed E-state index contributed by atoms with van der Waals surface area (Å²) in [5, 5.41) is 13.8. The Morgan fingerprint density at radius 3 is 2.27 bits per heavy atom. The first-order valence-electron chi connectivity index (χ1n) is 11.5. The van der Waals surface area contributed by atoms with Crippen molar-refractivity contribution >= 4 is 18.7 Å². The average Bonchev–Trinajstić information content (AvgIpc) is 3.39. The van der Waals surface area contributed by atoms with Gasteiger partial charge in [0.1, 0.15) is 0 Å². The van der Waals surface area contributed by atoms with E-state index in [2.05, 4.69) is 10.1 Å². The Balaban J connectivity index is 1.65. The van der Waals surface area contributed by atoms with Crippen LogP contribution in [0.2, 0.25) is 0 Å². The molecule has 4 rings (SSSR count). The molecule has 3 heterocycles. The summed E-state index contributed by atoms with van der Waals surface area (Å²) >= 11 is 0. The van der Waals surface area contributed by atoms with Gasteiger partial charge in [-0.3, -0.25) is 0 Å². The van der Waals surface area contributed by atoms with E-state index in [9.17, 15) is 9.90 Å². The lowest BCUT2D eigenvalue weighted by molar-refractivity contribution is 0.00578. The fraction of sp³-hybridized carbons (Fsp3) is 0.652. The smallest absolute Gasteiger partial charge is 0.465 e. The molecule has 33 heavy (non-hydrogen) atoms. The SMILES string of the molecule is Cc1nc(-c2onc(C)c2CC2(N(C)C(=O)O)CCCC2)ncc1B1OC(C)(C)C(C)(C)O1. The highest BCUT2D eigenvalue weighted by molar-refractivity contribution is 6.62. The van der Waals surface area contributed by atoms with Gasteiger partial charge < -0.3 is 23.8 Å². The molecule has 0 radical (unpaired) electrons. The number of carbonyl (C=O) groups is 1. The van der Waals surface area contributed by atoms with Crippen LogP contribution in [0, 0.1) is 13.8 Å². The van der Waals surface area contributed by atoms with Gasteiger partial charge in [0.05, 0.1) is 22.4 Å². The van der Waals surface area contributed by atoms with Crippen molar-refractivity contribution in [2.75, 3.05) is 7.05 Å². The summed E-state index contributed by atoms with van der Waals surface area (Å²) in [6.07, 6.45) is 4.91. The van der Waals surface area contributed by atoms with Crippen molar-refractivity contribution in [1.29, 1.82) is 0 Å². The number of hydrogen-bond acceptors (Lipinski definition) is 7. The summed E-state index contributed by atoms with van der Waals surface area (Å²) in [5.41, 5.74) is 1.70. The van der Waals surface area contributed by atoms with E-state index in [1.165, 1.54) is 4.90 Å². The van der Waals surface area contributed by atoms with E-state index in [1.807, 2.05) is 41.5 Å². The van der Waals surface area contributed by atoms with Crippen molar-refractivity contribution in [2.45, 2.75) is 90.4 Å².